The first kappa shape index (κ1) is 38.7. The largest absolute Gasteiger partial charge is 0.478 e. The maximum Gasteiger partial charge on any atom is 0.344 e. The molecule has 0 bridgehead atoms. The Hall–Kier alpha value is -6.06. The zero-order valence-electron chi connectivity index (χ0n) is 26.2. The number of H-pyrrole nitrogens is 3. The second-order valence-corrected chi connectivity index (χ2v) is 12.4. The number of aromatic carboxylic acids is 2. The Bertz CT molecular complexity index is 2280. The molecule has 21 heteroatoms. The maximum absolute atomic E-state index is 11.0. The van der Waals surface area contributed by atoms with Gasteiger partial charge in [0, 0.05) is 71.3 Å². The number of fused-ring (bicyclic) bond motifs is 3. The van der Waals surface area contributed by atoms with E-state index in [1.54, 1.807) is 24.7 Å². The molecule has 266 valence electrons. The fourth-order valence-corrected chi connectivity index (χ4v) is 5.68. The van der Waals surface area contributed by atoms with Crippen LogP contribution in [-0.4, -0.2) is 73.8 Å². The van der Waals surface area contributed by atoms with Crippen LogP contribution >= 0.6 is 47.8 Å². The van der Waals surface area contributed by atoms with Gasteiger partial charge in [-0.15, -0.1) is 0 Å². The number of hydrogen-bond donors (Lipinski definition) is 7. The van der Waals surface area contributed by atoms with Gasteiger partial charge in [0.25, 0.3) is 17.5 Å². The highest BCUT2D eigenvalue weighted by atomic mass is 79.9. The third kappa shape index (κ3) is 8.80. The highest BCUT2D eigenvalue weighted by Crippen LogP contribution is 2.25. The number of amides is 2. The van der Waals surface area contributed by atoms with Crippen LogP contribution in [0.15, 0.2) is 81.5 Å². The number of aromatic amines is 3. The molecule has 7 aromatic heterocycles. The van der Waals surface area contributed by atoms with Gasteiger partial charge in [-0.05, 0) is 72.9 Å². The molecule has 0 fully saturated rings. The molecule has 0 aliphatic heterocycles. The minimum Gasteiger partial charge on any atom is -0.478 e. The number of nitrogens with two attached hydrogens (primary N) is 2. The van der Waals surface area contributed by atoms with E-state index in [1.807, 2.05) is 19.1 Å². The summed E-state index contributed by atoms with van der Waals surface area (Å²) < 4.78 is 1.58. The van der Waals surface area contributed by atoms with E-state index >= 15 is 0 Å². The molecule has 7 heterocycles. The molecule has 0 aliphatic carbocycles. The molecule has 7 rings (SSSR count). The van der Waals surface area contributed by atoms with Crippen molar-refractivity contribution in [3.63, 3.8) is 0 Å². The molecule has 0 atom stereocenters. The number of carboxylic acids is 2. The Morgan fingerprint density at radius 3 is 1.54 bits per heavy atom. The molecule has 0 aromatic carbocycles. The van der Waals surface area contributed by atoms with Gasteiger partial charge in [-0.2, -0.15) is 0 Å². The Kier molecular flexibility index (Phi) is 12.5. The number of nitro groups is 1. The third-order valence-electron chi connectivity index (χ3n) is 6.92. The van der Waals surface area contributed by atoms with Crippen molar-refractivity contribution in [2.45, 2.75) is 6.92 Å². The van der Waals surface area contributed by atoms with Gasteiger partial charge in [-0.3, -0.25) is 24.7 Å². The standard InChI is InChI=1S/C9H9N3O.C8H6BrN3O.C8H5BrN2O2.C6H3BrN2O4/c1-5-6-2-3-11-8(6)7(4-12-5)9(10)13;9-7-4-1-2-11-6(4)5(3-12-7)8(10)13;9-7-4-1-2-10-6(4)5(3-11-7)8(12)13;7-5-1-4(9(12)13)3(2-8-5)6(10)11/h2-4,11H,1H3,(H2,10,13);1-3,11H,(H2,10,13);1-3,10H,(H,12,13);1-2H,(H,10,11). The average Bonchev–Trinajstić information content (AvgIpc) is 3.88. The van der Waals surface area contributed by atoms with Gasteiger partial charge in [0.2, 0.25) is 0 Å². The van der Waals surface area contributed by atoms with Crippen LogP contribution in [0.5, 0.6) is 0 Å². The SMILES string of the molecule is Cc1ncc(C(N)=O)c2[nH]ccc12.NC(=O)c1cnc(Br)c2cc[nH]c12.O=C(O)c1cnc(Br)c2cc[nH]c12.O=C(O)c1cnc(Br)cc1[N+](=O)[O-]. The van der Waals surface area contributed by atoms with Crippen molar-refractivity contribution in [3.8, 4) is 0 Å². The number of carbonyl (C=O) groups is 4. The van der Waals surface area contributed by atoms with E-state index in [9.17, 15) is 29.3 Å². The molecule has 0 spiro atoms. The Morgan fingerprint density at radius 2 is 1.08 bits per heavy atom. The van der Waals surface area contributed by atoms with Crippen LogP contribution in [0.1, 0.15) is 47.1 Å². The lowest BCUT2D eigenvalue weighted by molar-refractivity contribution is -0.385. The second kappa shape index (κ2) is 16.8. The molecule has 0 saturated heterocycles. The zero-order chi connectivity index (χ0) is 38.3. The summed E-state index contributed by atoms with van der Waals surface area (Å²) in [6.45, 7) is 1.89. The summed E-state index contributed by atoms with van der Waals surface area (Å²) in [6.07, 6.45) is 10.4. The van der Waals surface area contributed by atoms with Crippen LogP contribution in [0.2, 0.25) is 0 Å². The number of carbonyl (C=O) groups excluding carboxylic acids is 2. The number of aryl methyl sites for hydroxylation is 1. The molecule has 2 amide bonds. The summed E-state index contributed by atoms with van der Waals surface area (Å²) in [7, 11) is 0. The topological polar surface area (TPSA) is 303 Å². The number of nitrogens with zero attached hydrogens (tertiary/aromatic N) is 5. The Labute approximate surface area is 315 Å². The van der Waals surface area contributed by atoms with Crippen molar-refractivity contribution in [2.24, 2.45) is 11.5 Å². The van der Waals surface area contributed by atoms with E-state index in [1.165, 1.54) is 18.6 Å². The highest BCUT2D eigenvalue weighted by molar-refractivity contribution is 9.11. The van der Waals surface area contributed by atoms with Crippen molar-refractivity contribution in [1.29, 1.82) is 0 Å². The summed E-state index contributed by atoms with van der Waals surface area (Å²) >= 11 is 9.42. The smallest absolute Gasteiger partial charge is 0.344 e. The van der Waals surface area contributed by atoms with Gasteiger partial charge in [-0.1, -0.05) is 0 Å². The predicted molar refractivity (Wildman–Crippen MR) is 198 cm³/mol. The first-order valence-electron chi connectivity index (χ1n) is 14.1. The fraction of sp³-hybridized carbons (Fsp3) is 0.0323. The first-order valence-corrected chi connectivity index (χ1v) is 16.5. The first-order chi connectivity index (χ1) is 24.6. The van der Waals surface area contributed by atoms with Crippen molar-refractivity contribution in [1.82, 2.24) is 34.9 Å². The average molecular weight is 903 g/mol. The highest BCUT2D eigenvalue weighted by Gasteiger charge is 2.20. The number of hydrogen-bond acceptors (Lipinski definition) is 10. The second-order valence-electron chi connectivity index (χ2n) is 10.1. The third-order valence-corrected chi connectivity index (χ3v) is 8.62. The van der Waals surface area contributed by atoms with Crippen LogP contribution in [0, 0.1) is 17.0 Å². The molecule has 0 aliphatic rings. The van der Waals surface area contributed by atoms with E-state index in [2.05, 4.69) is 82.7 Å². The lowest BCUT2D eigenvalue weighted by Crippen LogP contribution is -2.12. The molecule has 7 aromatic rings. The quantitative estimate of drug-likeness (QED) is 0.0606. The van der Waals surface area contributed by atoms with Gasteiger partial charge < -0.3 is 36.6 Å². The Morgan fingerprint density at radius 1 is 0.673 bits per heavy atom. The van der Waals surface area contributed by atoms with Gasteiger partial charge in [0.15, 0.2) is 5.56 Å². The van der Waals surface area contributed by atoms with Crippen LogP contribution in [0.4, 0.5) is 5.69 Å². The van der Waals surface area contributed by atoms with Crippen molar-refractivity contribution >= 4 is 110 Å². The number of pyridine rings is 4. The Balaban J connectivity index is 0.000000155. The molecular weight excluding hydrogens is 880 g/mol. The van der Waals surface area contributed by atoms with E-state index in [-0.39, 0.29) is 10.2 Å². The summed E-state index contributed by atoms with van der Waals surface area (Å²) in [5.41, 5.74) is 13.5. The van der Waals surface area contributed by atoms with Crippen molar-refractivity contribution in [3.05, 3.63) is 120 Å². The van der Waals surface area contributed by atoms with E-state index in [0.29, 0.717) is 25.8 Å². The number of rotatable bonds is 5. The van der Waals surface area contributed by atoms with Gasteiger partial charge in [0.05, 0.1) is 32.6 Å². The van der Waals surface area contributed by atoms with Gasteiger partial charge in [0.1, 0.15) is 19.4 Å². The summed E-state index contributed by atoms with van der Waals surface area (Å²) in [6, 6.07) is 6.53. The molecule has 9 N–H and O–H groups in total. The fourth-order valence-electron chi connectivity index (χ4n) is 4.50. The minimum absolute atomic E-state index is 0.184. The normalized spacial score (nSPS) is 10.3. The number of aromatic nitrogens is 7. The van der Waals surface area contributed by atoms with Crippen LogP contribution in [0.3, 0.4) is 0 Å². The minimum atomic E-state index is -1.37. The molecular formula is C31H23Br3N10O8. The number of primary amides is 2. The maximum atomic E-state index is 11.0. The summed E-state index contributed by atoms with van der Waals surface area (Å²) in [5, 5.41) is 30.3. The zero-order valence-corrected chi connectivity index (χ0v) is 31.0. The van der Waals surface area contributed by atoms with Crippen molar-refractivity contribution in [2.75, 3.05) is 0 Å². The van der Waals surface area contributed by atoms with E-state index in [0.717, 1.165) is 45.1 Å². The predicted octanol–water partition coefficient (Wildman–Crippen LogP) is 5.87. The number of halogens is 3. The van der Waals surface area contributed by atoms with Crippen molar-refractivity contribution < 1.29 is 34.3 Å². The lowest BCUT2D eigenvalue weighted by atomic mass is 10.1. The molecule has 18 nitrogen and oxygen atoms in total. The number of nitrogens with one attached hydrogen (secondary N) is 3. The summed E-state index contributed by atoms with van der Waals surface area (Å²) in [5.74, 6) is -3.29. The molecule has 0 radical (unpaired) electrons. The summed E-state index contributed by atoms with van der Waals surface area (Å²) in [4.78, 5) is 77.1. The molecule has 0 saturated carbocycles. The molecule has 52 heavy (non-hydrogen) atoms. The number of carboxylic acid groups (broad SMARTS) is 2. The van der Waals surface area contributed by atoms with Gasteiger partial charge in [-0.25, -0.2) is 24.5 Å². The van der Waals surface area contributed by atoms with E-state index in [4.69, 9.17) is 21.7 Å². The van der Waals surface area contributed by atoms with Crippen LogP contribution < -0.4 is 11.5 Å². The van der Waals surface area contributed by atoms with Crippen LogP contribution in [-0.2, 0) is 0 Å². The van der Waals surface area contributed by atoms with Gasteiger partial charge >= 0.3 is 11.9 Å². The van der Waals surface area contributed by atoms with Crippen LogP contribution in [0.25, 0.3) is 32.7 Å². The van der Waals surface area contributed by atoms with E-state index < -0.39 is 39.9 Å². The monoisotopic (exact) mass is 900 g/mol. The lowest BCUT2D eigenvalue weighted by Gasteiger charge is -1.99. The molecule has 0 unspecified atom stereocenters.